The third-order valence-electron chi connectivity index (χ3n) is 3.49. The fourth-order valence-electron chi connectivity index (χ4n) is 2.18. The predicted octanol–water partition coefficient (Wildman–Crippen LogP) is 2.48. The molecule has 2 N–H and O–H groups in total. The van der Waals surface area contributed by atoms with Gasteiger partial charge < -0.3 is 10.1 Å². The van der Waals surface area contributed by atoms with E-state index in [1.165, 1.54) is 24.3 Å². The molecule has 0 aliphatic heterocycles. The summed E-state index contributed by atoms with van der Waals surface area (Å²) in [6.07, 6.45) is 0. The van der Waals surface area contributed by atoms with Gasteiger partial charge >= 0.3 is 5.97 Å². The number of benzene rings is 2. The van der Waals surface area contributed by atoms with Crippen molar-refractivity contribution in [3.05, 3.63) is 59.7 Å². The van der Waals surface area contributed by atoms with Crippen molar-refractivity contribution in [2.45, 2.75) is 31.7 Å². The molecule has 0 aliphatic carbocycles. The normalized spacial score (nSPS) is 11.1. The molecular weight excluding hydrogens is 368 g/mol. The number of carbonyl (C=O) groups is 2. The molecule has 0 aromatic heterocycles. The van der Waals surface area contributed by atoms with E-state index in [-0.39, 0.29) is 16.5 Å². The summed E-state index contributed by atoms with van der Waals surface area (Å²) in [6.45, 7) is 5.10. The molecule has 0 saturated heterocycles. The Kier molecular flexibility index (Phi) is 6.57. The minimum absolute atomic E-state index is 0.0113. The van der Waals surface area contributed by atoms with Crippen LogP contribution in [0.25, 0.3) is 0 Å². The first-order chi connectivity index (χ1) is 12.7. The first kappa shape index (κ1) is 20.4. The van der Waals surface area contributed by atoms with Crippen molar-refractivity contribution in [2.24, 2.45) is 0 Å². The van der Waals surface area contributed by atoms with E-state index in [9.17, 15) is 18.0 Å². The Morgan fingerprint density at radius 2 is 1.59 bits per heavy atom. The number of hydrogen-bond donors (Lipinski definition) is 2. The molecule has 0 spiro atoms. The summed E-state index contributed by atoms with van der Waals surface area (Å²) >= 11 is 0. The fraction of sp³-hybridized carbons (Fsp3) is 0.263. The highest BCUT2D eigenvalue weighted by Crippen LogP contribution is 2.17. The zero-order valence-electron chi connectivity index (χ0n) is 15.4. The highest BCUT2D eigenvalue weighted by molar-refractivity contribution is 7.92. The number of ether oxygens (including phenoxy) is 1. The number of anilines is 1. The van der Waals surface area contributed by atoms with Gasteiger partial charge in [0.2, 0.25) is 0 Å². The van der Waals surface area contributed by atoms with Crippen LogP contribution >= 0.6 is 0 Å². The lowest BCUT2D eigenvalue weighted by Gasteiger charge is -2.10. The van der Waals surface area contributed by atoms with Gasteiger partial charge in [0, 0.05) is 11.7 Å². The SMILES string of the molecule is Cc1ccc(NS(=O)(=O)c2ccc(C(=O)OCC(=O)NC(C)C)cc2)cc1. The highest BCUT2D eigenvalue weighted by atomic mass is 32.2. The average Bonchev–Trinajstić information content (AvgIpc) is 2.61. The van der Waals surface area contributed by atoms with Gasteiger partial charge in [-0.2, -0.15) is 0 Å². The fourth-order valence-corrected chi connectivity index (χ4v) is 3.24. The van der Waals surface area contributed by atoms with Crippen LogP contribution in [0.4, 0.5) is 5.69 Å². The van der Waals surface area contributed by atoms with Crippen molar-refractivity contribution < 1.29 is 22.7 Å². The summed E-state index contributed by atoms with van der Waals surface area (Å²) in [4.78, 5) is 23.5. The smallest absolute Gasteiger partial charge is 0.338 e. The molecule has 2 rings (SSSR count). The molecular formula is C19H22N2O5S. The Labute approximate surface area is 158 Å². The number of esters is 1. The molecule has 7 nitrogen and oxygen atoms in total. The van der Waals surface area contributed by atoms with Crippen LogP contribution in [0.15, 0.2) is 53.4 Å². The summed E-state index contributed by atoms with van der Waals surface area (Å²) in [6, 6.07) is 12.2. The van der Waals surface area contributed by atoms with Crippen LogP contribution in [0.3, 0.4) is 0 Å². The average molecular weight is 390 g/mol. The number of amides is 1. The summed E-state index contributed by atoms with van der Waals surface area (Å²) in [5.41, 5.74) is 1.62. The zero-order chi connectivity index (χ0) is 20.0. The zero-order valence-corrected chi connectivity index (χ0v) is 16.2. The maximum absolute atomic E-state index is 12.4. The number of aryl methyl sites for hydroxylation is 1. The molecule has 8 heteroatoms. The monoisotopic (exact) mass is 390 g/mol. The van der Waals surface area contributed by atoms with Crippen LogP contribution in [0.5, 0.6) is 0 Å². The Morgan fingerprint density at radius 3 is 2.15 bits per heavy atom. The minimum Gasteiger partial charge on any atom is -0.452 e. The third kappa shape index (κ3) is 6.10. The summed E-state index contributed by atoms with van der Waals surface area (Å²) in [5.74, 6) is -1.11. The van der Waals surface area contributed by atoms with Crippen LogP contribution < -0.4 is 10.0 Å². The van der Waals surface area contributed by atoms with Gasteiger partial charge in [0.15, 0.2) is 6.61 Å². The quantitative estimate of drug-likeness (QED) is 0.707. The van der Waals surface area contributed by atoms with Crippen LogP contribution in [0.1, 0.15) is 29.8 Å². The van der Waals surface area contributed by atoms with E-state index in [1.54, 1.807) is 38.1 Å². The Hall–Kier alpha value is -2.87. The van der Waals surface area contributed by atoms with Crippen molar-refractivity contribution in [3.8, 4) is 0 Å². The molecule has 2 aromatic rings. The molecule has 144 valence electrons. The van der Waals surface area contributed by atoms with Gasteiger partial charge in [-0.05, 0) is 57.2 Å². The van der Waals surface area contributed by atoms with Crippen molar-refractivity contribution in [1.29, 1.82) is 0 Å². The number of carbonyl (C=O) groups excluding carboxylic acids is 2. The van der Waals surface area contributed by atoms with E-state index in [1.807, 2.05) is 6.92 Å². The molecule has 0 saturated carbocycles. The van der Waals surface area contributed by atoms with Gasteiger partial charge in [0.25, 0.3) is 15.9 Å². The van der Waals surface area contributed by atoms with Crippen LogP contribution in [-0.2, 0) is 19.6 Å². The lowest BCUT2D eigenvalue weighted by molar-refractivity contribution is -0.124. The first-order valence-electron chi connectivity index (χ1n) is 8.33. The Balaban J connectivity index is 2.01. The largest absolute Gasteiger partial charge is 0.452 e. The number of hydrogen-bond acceptors (Lipinski definition) is 5. The first-order valence-corrected chi connectivity index (χ1v) is 9.82. The van der Waals surface area contributed by atoms with Crippen molar-refractivity contribution in [1.82, 2.24) is 5.32 Å². The molecule has 2 aromatic carbocycles. The van der Waals surface area contributed by atoms with Crippen molar-refractivity contribution in [2.75, 3.05) is 11.3 Å². The molecule has 0 unspecified atom stereocenters. The third-order valence-corrected chi connectivity index (χ3v) is 4.89. The molecule has 27 heavy (non-hydrogen) atoms. The second-order valence-electron chi connectivity index (χ2n) is 6.29. The highest BCUT2D eigenvalue weighted by Gasteiger charge is 2.16. The summed E-state index contributed by atoms with van der Waals surface area (Å²) in [5, 5.41) is 2.60. The Morgan fingerprint density at radius 1 is 1.00 bits per heavy atom. The van der Waals surface area contributed by atoms with E-state index in [2.05, 4.69) is 10.0 Å². The molecule has 0 aliphatic rings. The van der Waals surface area contributed by atoms with Crippen LogP contribution in [0, 0.1) is 6.92 Å². The standard InChI is InChI=1S/C19H22N2O5S/c1-13(2)20-18(22)12-26-19(23)15-6-10-17(11-7-15)27(24,25)21-16-8-4-14(3)5-9-16/h4-11,13,21H,12H2,1-3H3,(H,20,22). The van der Waals surface area contributed by atoms with E-state index in [4.69, 9.17) is 4.74 Å². The number of sulfonamides is 1. The maximum Gasteiger partial charge on any atom is 0.338 e. The molecule has 0 bridgehead atoms. The maximum atomic E-state index is 12.4. The molecule has 0 atom stereocenters. The van der Waals surface area contributed by atoms with Crippen LogP contribution in [0.2, 0.25) is 0 Å². The summed E-state index contributed by atoms with van der Waals surface area (Å²) in [7, 11) is -3.77. The molecule has 0 heterocycles. The number of rotatable bonds is 7. The van der Waals surface area contributed by atoms with Crippen molar-refractivity contribution >= 4 is 27.6 Å². The van der Waals surface area contributed by atoms with Gasteiger partial charge in [0.05, 0.1) is 10.5 Å². The lowest BCUT2D eigenvalue weighted by Crippen LogP contribution is -2.33. The van der Waals surface area contributed by atoms with Gasteiger partial charge in [-0.3, -0.25) is 9.52 Å². The Bertz CT molecular complexity index is 904. The summed E-state index contributed by atoms with van der Waals surface area (Å²) < 4.78 is 32.2. The van der Waals surface area contributed by atoms with Gasteiger partial charge in [-0.15, -0.1) is 0 Å². The van der Waals surface area contributed by atoms with Gasteiger partial charge in [-0.25, -0.2) is 13.2 Å². The second-order valence-corrected chi connectivity index (χ2v) is 7.98. The molecule has 1 amide bonds. The van der Waals surface area contributed by atoms with Gasteiger partial charge in [0.1, 0.15) is 0 Å². The molecule has 0 fully saturated rings. The predicted molar refractivity (Wildman–Crippen MR) is 102 cm³/mol. The van der Waals surface area contributed by atoms with Crippen molar-refractivity contribution in [3.63, 3.8) is 0 Å². The van der Waals surface area contributed by atoms with E-state index < -0.39 is 28.5 Å². The van der Waals surface area contributed by atoms with E-state index in [0.29, 0.717) is 5.69 Å². The molecule has 0 radical (unpaired) electrons. The topological polar surface area (TPSA) is 102 Å². The second kappa shape index (κ2) is 8.68. The van der Waals surface area contributed by atoms with Crippen LogP contribution in [-0.4, -0.2) is 32.9 Å². The van der Waals surface area contributed by atoms with E-state index in [0.717, 1.165) is 5.56 Å². The lowest BCUT2D eigenvalue weighted by atomic mass is 10.2. The number of nitrogens with one attached hydrogen (secondary N) is 2. The van der Waals surface area contributed by atoms with E-state index >= 15 is 0 Å². The van der Waals surface area contributed by atoms with Gasteiger partial charge in [-0.1, -0.05) is 17.7 Å². The minimum atomic E-state index is -3.77.